The zero-order chi connectivity index (χ0) is 15.7. The van der Waals surface area contributed by atoms with Crippen molar-refractivity contribution >= 4 is 16.8 Å². The van der Waals surface area contributed by atoms with E-state index in [0.717, 1.165) is 17.5 Å². The van der Waals surface area contributed by atoms with Crippen molar-refractivity contribution in [3.05, 3.63) is 59.2 Å². The second-order valence-electron chi connectivity index (χ2n) is 6.04. The fraction of sp³-hybridized carbons (Fsp3) is 0.278. The minimum atomic E-state index is -0.513. The number of carbonyl (C=O) groups is 1. The molecule has 1 aliphatic rings. The lowest BCUT2D eigenvalue weighted by Crippen LogP contribution is -2.24. The zero-order valence-corrected chi connectivity index (χ0v) is 13.3. The van der Waals surface area contributed by atoms with Crippen LogP contribution < -0.4 is 9.47 Å². The molecule has 3 rings (SSSR count). The molecule has 0 saturated heterocycles. The van der Waals surface area contributed by atoms with Crippen molar-refractivity contribution < 1.29 is 14.3 Å². The number of hydrogen-bond donors (Lipinski definition) is 0. The molecule has 22 heavy (non-hydrogen) atoms. The lowest BCUT2D eigenvalue weighted by Gasteiger charge is -2.16. The number of carbonyl (C=O) groups excluding carboxylic acids is 1. The van der Waals surface area contributed by atoms with Gasteiger partial charge in [-0.2, -0.15) is 0 Å². The third kappa shape index (κ3) is 3.09. The van der Waals surface area contributed by atoms with Crippen LogP contribution in [-0.2, 0) is 13.0 Å². The Bertz CT molecular complexity index is 708. The molecule has 0 saturated carbocycles. The van der Waals surface area contributed by atoms with E-state index in [2.05, 4.69) is 0 Å². The minimum Gasteiger partial charge on any atom is -0.488 e. The smallest absolute Gasteiger partial charge is 0.252 e. The number of fused-ring (bicyclic) bond motifs is 1. The van der Waals surface area contributed by atoms with Crippen LogP contribution in [0.2, 0.25) is 0 Å². The van der Waals surface area contributed by atoms with Gasteiger partial charge in [0, 0.05) is 17.5 Å². The average Bonchev–Trinajstić information content (AvgIpc) is 2.79. The Kier molecular flexibility index (Phi) is 3.83. The van der Waals surface area contributed by atoms with Crippen LogP contribution in [0.4, 0.5) is 0 Å². The summed E-state index contributed by atoms with van der Waals surface area (Å²) in [5, 5.41) is -0.513. The molecule has 0 atom stereocenters. The summed E-state index contributed by atoms with van der Waals surface area (Å²) in [5.41, 5.74) is 2.14. The summed E-state index contributed by atoms with van der Waals surface area (Å²) in [7, 11) is 0. The summed E-state index contributed by atoms with van der Waals surface area (Å²) in [6.07, 6.45) is 0.739. The van der Waals surface area contributed by atoms with Gasteiger partial charge in [0.15, 0.2) is 0 Å². The Morgan fingerprint density at radius 1 is 1.27 bits per heavy atom. The Labute approximate surface area is 134 Å². The molecular formula is C18H17ClO3. The zero-order valence-electron chi connectivity index (χ0n) is 12.6. The Morgan fingerprint density at radius 2 is 2.00 bits per heavy atom. The highest BCUT2D eigenvalue weighted by Crippen LogP contribution is 2.42. The van der Waals surface area contributed by atoms with Crippen molar-refractivity contribution in [1.82, 2.24) is 0 Å². The first kappa shape index (κ1) is 14.9. The molecule has 0 radical (unpaired) electrons. The standard InChI is InChI=1S/C18H17ClO3/c1-18(2)10-14-15(21-11-12-6-4-3-5-7-12)8-13(17(19)20)9-16(14)22-18/h3-9H,10-11H2,1-2H3. The van der Waals surface area contributed by atoms with Crippen LogP contribution in [0.15, 0.2) is 42.5 Å². The lowest BCUT2D eigenvalue weighted by molar-refractivity contribution is 0.107. The molecule has 1 aliphatic heterocycles. The molecule has 2 aromatic rings. The Morgan fingerprint density at radius 3 is 2.68 bits per heavy atom. The van der Waals surface area contributed by atoms with Gasteiger partial charge in [0.05, 0.1) is 0 Å². The van der Waals surface area contributed by atoms with E-state index >= 15 is 0 Å². The number of halogens is 1. The maximum atomic E-state index is 11.5. The molecule has 0 spiro atoms. The summed E-state index contributed by atoms with van der Waals surface area (Å²) in [4.78, 5) is 11.5. The van der Waals surface area contributed by atoms with E-state index in [0.29, 0.717) is 23.7 Å². The summed E-state index contributed by atoms with van der Waals surface area (Å²) < 4.78 is 11.8. The van der Waals surface area contributed by atoms with E-state index in [1.807, 2.05) is 44.2 Å². The fourth-order valence-corrected chi connectivity index (χ4v) is 2.73. The van der Waals surface area contributed by atoms with Crippen LogP contribution in [0, 0.1) is 0 Å². The molecule has 0 aromatic heterocycles. The average molecular weight is 317 g/mol. The first-order valence-corrected chi connectivity index (χ1v) is 7.55. The van der Waals surface area contributed by atoms with Crippen LogP contribution >= 0.6 is 11.6 Å². The first-order chi connectivity index (χ1) is 10.4. The molecule has 3 nitrogen and oxygen atoms in total. The van der Waals surface area contributed by atoms with Gasteiger partial charge in [0.25, 0.3) is 5.24 Å². The highest BCUT2D eigenvalue weighted by Gasteiger charge is 2.33. The predicted octanol–water partition coefficient (Wildman–Crippen LogP) is 4.36. The largest absolute Gasteiger partial charge is 0.488 e. The predicted molar refractivity (Wildman–Crippen MR) is 85.8 cm³/mol. The van der Waals surface area contributed by atoms with Gasteiger partial charge in [-0.1, -0.05) is 30.3 Å². The van der Waals surface area contributed by atoms with Gasteiger partial charge in [-0.3, -0.25) is 4.79 Å². The lowest BCUT2D eigenvalue weighted by atomic mass is 10.00. The number of hydrogen-bond acceptors (Lipinski definition) is 3. The van der Waals surface area contributed by atoms with Crippen molar-refractivity contribution in [2.75, 3.05) is 0 Å². The van der Waals surface area contributed by atoms with E-state index in [4.69, 9.17) is 21.1 Å². The maximum Gasteiger partial charge on any atom is 0.252 e. The SMILES string of the molecule is CC1(C)Cc2c(OCc3ccccc3)cc(C(=O)Cl)cc2O1. The van der Waals surface area contributed by atoms with Gasteiger partial charge < -0.3 is 9.47 Å². The second kappa shape index (κ2) is 5.65. The number of ether oxygens (including phenoxy) is 2. The minimum absolute atomic E-state index is 0.304. The van der Waals surface area contributed by atoms with Gasteiger partial charge in [0.2, 0.25) is 0 Å². The van der Waals surface area contributed by atoms with E-state index in [1.54, 1.807) is 12.1 Å². The van der Waals surface area contributed by atoms with Crippen molar-refractivity contribution in [3.63, 3.8) is 0 Å². The van der Waals surface area contributed by atoms with Crippen LogP contribution in [0.5, 0.6) is 11.5 Å². The molecule has 114 valence electrons. The molecule has 0 unspecified atom stereocenters. The van der Waals surface area contributed by atoms with E-state index < -0.39 is 5.24 Å². The third-order valence-corrected chi connectivity index (χ3v) is 3.84. The molecule has 0 N–H and O–H groups in total. The molecule has 0 bridgehead atoms. The topological polar surface area (TPSA) is 35.5 Å². The molecule has 2 aromatic carbocycles. The third-order valence-electron chi connectivity index (χ3n) is 3.62. The molecule has 4 heteroatoms. The van der Waals surface area contributed by atoms with E-state index in [1.165, 1.54) is 0 Å². The van der Waals surface area contributed by atoms with E-state index in [9.17, 15) is 4.79 Å². The van der Waals surface area contributed by atoms with Gasteiger partial charge in [-0.15, -0.1) is 0 Å². The van der Waals surface area contributed by atoms with Gasteiger partial charge >= 0.3 is 0 Å². The van der Waals surface area contributed by atoms with Crippen molar-refractivity contribution in [2.24, 2.45) is 0 Å². The number of rotatable bonds is 4. The van der Waals surface area contributed by atoms with Crippen molar-refractivity contribution in [3.8, 4) is 11.5 Å². The molecule has 0 amide bonds. The summed E-state index contributed by atoms with van der Waals surface area (Å²) in [6, 6.07) is 13.3. The summed E-state index contributed by atoms with van der Waals surface area (Å²) in [6.45, 7) is 4.46. The van der Waals surface area contributed by atoms with Gasteiger partial charge in [0.1, 0.15) is 23.7 Å². The second-order valence-corrected chi connectivity index (χ2v) is 6.38. The summed E-state index contributed by atoms with van der Waals surface area (Å²) in [5.74, 6) is 1.34. The molecular weight excluding hydrogens is 300 g/mol. The van der Waals surface area contributed by atoms with E-state index in [-0.39, 0.29) is 5.60 Å². The van der Waals surface area contributed by atoms with Crippen LogP contribution in [-0.4, -0.2) is 10.8 Å². The maximum absolute atomic E-state index is 11.5. The summed E-state index contributed by atoms with van der Waals surface area (Å²) >= 11 is 5.62. The Balaban J connectivity index is 1.91. The van der Waals surface area contributed by atoms with Crippen LogP contribution in [0.25, 0.3) is 0 Å². The quantitative estimate of drug-likeness (QED) is 0.786. The fourth-order valence-electron chi connectivity index (χ4n) is 2.62. The van der Waals surface area contributed by atoms with Crippen LogP contribution in [0.1, 0.15) is 35.3 Å². The molecule has 1 heterocycles. The highest BCUT2D eigenvalue weighted by atomic mass is 35.5. The first-order valence-electron chi connectivity index (χ1n) is 7.17. The number of benzene rings is 2. The van der Waals surface area contributed by atoms with Gasteiger partial charge in [-0.25, -0.2) is 0 Å². The van der Waals surface area contributed by atoms with Gasteiger partial charge in [-0.05, 0) is 43.1 Å². The highest BCUT2D eigenvalue weighted by molar-refractivity contribution is 6.67. The van der Waals surface area contributed by atoms with Crippen LogP contribution in [0.3, 0.4) is 0 Å². The molecule has 0 fully saturated rings. The normalized spacial score (nSPS) is 15.0. The monoisotopic (exact) mass is 316 g/mol. The van der Waals surface area contributed by atoms with Crippen molar-refractivity contribution in [2.45, 2.75) is 32.5 Å². The molecule has 0 aliphatic carbocycles. The Hall–Kier alpha value is -2.00. The van der Waals surface area contributed by atoms with Crippen molar-refractivity contribution in [1.29, 1.82) is 0 Å².